The highest BCUT2D eigenvalue weighted by Gasteiger charge is 2.28. The molecule has 0 bridgehead atoms. The summed E-state index contributed by atoms with van der Waals surface area (Å²) in [4.78, 5) is 30.1. The zero-order chi connectivity index (χ0) is 31.5. The highest BCUT2D eigenvalue weighted by molar-refractivity contribution is 6.11. The van der Waals surface area contributed by atoms with Gasteiger partial charge in [0, 0.05) is 50.8 Å². The van der Waals surface area contributed by atoms with Crippen LogP contribution >= 0.6 is 0 Å². The third-order valence-corrected chi connectivity index (χ3v) is 8.41. The van der Waals surface area contributed by atoms with E-state index in [1.165, 1.54) is 12.1 Å². The highest BCUT2D eigenvalue weighted by Crippen LogP contribution is 2.42. The third kappa shape index (κ3) is 6.82. The fourth-order valence-electron chi connectivity index (χ4n) is 6.01. The number of anilines is 2. The molecule has 0 aliphatic carbocycles. The second-order valence-corrected chi connectivity index (χ2v) is 11.5. The predicted octanol–water partition coefficient (Wildman–Crippen LogP) is 4.08. The molecule has 2 saturated heterocycles. The number of ether oxygens (including phenoxy) is 2. The quantitative estimate of drug-likeness (QED) is 0.258. The Morgan fingerprint density at radius 2 is 1.71 bits per heavy atom. The maximum absolute atomic E-state index is 13.9. The van der Waals surface area contributed by atoms with Gasteiger partial charge >= 0.3 is 0 Å². The molecule has 1 aromatic heterocycles. The number of hydrogen-bond acceptors (Lipinski definition) is 7. The van der Waals surface area contributed by atoms with Crippen molar-refractivity contribution in [3.63, 3.8) is 0 Å². The number of nitrogens with zero attached hydrogens (tertiary/aromatic N) is 3. The number of morpholine rings is 1. The molecule has 0 radical (unpaired) electrons. The Labute approximate surface area is 259 Å². The van der Waals surface area contributed by atoms with Gasteiger partial charge in [0.25, 0.3) is 5.91 Å². The van der Waals surface area contributed by atoms with Gasteiger partial charge in [0.1, 0.15) is 17.3 Å². The van der Waals surface area contributed by atoms with Crippen molar-refractivity contribution in [1.29, 1.82) is 0 Å². The number of rotatable bonds is 9. The van der Waals surface area contributed by atoms with E-state index in [0.717, 1.165) is 29.9 Å². The van der Waals surface area contributed by atoms with Gasteiger partial charge in [-0.15, -0.1) is 0 Å². The Morgan fingerprint density at radius 1 is 1.00 bits per heavy atom. The van der Waals surface area contributed by atoms with E-state index in [9.17, 15) is 18.4 Å². The molecule has 4 N–H and O–H groups in total. The molecule has 2 fully saturated rings. The van der Waals surface area contributed by atoms with Gasteiger partial charge in [0.15, 0.2) is 0 Å². The average molecular weight is 619 g/mol. The van der Waals surface area contributed by atoms with E-state index < -0.39 is 17.5 Å². The predicted molar refractivity (Wildman–Crippen MR) is 167 cm³/mol. The number of likely N-dealkylation sites (N-methyl/N-ethyl adjacent to an activating group) is 1. The smallest absolute Gasteiger partial charge is 0.250 e. The molecule has 0 spiro atoms. The third-order valence-electron chi connectivity index (χ3n) is 8.41. The second-order valence-electron chi connectivity index (χ2n) is 11.5. The fourth-order valence-corrected chi connectivity index (χ4v) is 6.01. The lowest BCUT2D eigenvalue weighted by Crippen LogP contribution is -2.44. The van der Waals surface area contributed by atoms with Gasteiger partial charge in [-0.2, -0.15) is 5.10 Å². The molecule has 3 heterocycles. The van der Waals surface area contributed by atoms with Gasteiger partial charge in [0.2, 0.25) is 5.91 Å². The van der Waals surface area contributed by atoms with E-state index >= 15 is 0 Å². The van der Waals surface area contributed by atoms with Gasteiger partial charge in [-0.05, 0) is 66.8 Å². The Kier molecular flexibility index (Phi) is 9.06. The number of nitrogens with two attached hydrogens (primary N) is 1. The number of aromatic amines is 1. The number of H-pyrrole nitrogens is 1. The number of fused-ring (bicyclic) bond motifs is 1. The first kappa shape index (κ1) is 30.6. The highest BCUT2D eigenvalue weighted by atomic mass is 19.1. The van der Waals surface area contributed by atoms with Crippen LogP contribution in [-0.4, -0.2) is 86.1 Å². The summed E-state index contributed by atoms with van der Waals surface area (Å²) in [5, 5.41) is 12.0. The number of halogens is 2. The van der Waals surface area contributed by atoms with E-state index in [-0.39, 0.29) is 30.5 Å². The lowest BCUT2D eigenvalue weighted by atomic mass is 9.95. The number of carbonyl (C=O) groups excluding carboxylic acids is 2. The SMILES string of the molecule is CN(C(=O)CN1CCOCC1)c1ccc(C(N)=O)c(NC2CCOCC2)c1-c1n[nH]c2ccc(Cc3cc(F)cc(F)c3)cc12. The number of nitrogens with one attached hydrogen (secondary N) is 2. The number of primary amides is 1. The Hall–Kier alpha value is -4.39. The first-order chi connectivity index (χ1) is 21.8. The number of carbonyl (C=O) groups is 2. The van der Waals surface area contributed by atoms with E-state index in [1.807, 2.05) is 23.1 Å². The van der Waals surface area contributed by atoms with Crippen molar-refractivity contribution >= 4 is 34.1 Å². The second kappa shape index (κ2) is 13.3. The van der Waals surface area contributed by atoms with Crippen molar-refractivity contribution in [2.45, 2.75) is 25.3 Å². The first-order valence-electron chi connectivity index (χ1n) is 15.1. The monoisotopic (exact) mass is 618 g/mol. The van der Waals surface area contributed by atoms with Crippen molar-refractivity contribution < 1.29 is 27.8 Å². The molecule has 45 heavy (non-hydrogen) atoms. The summed E-state index contributed by atoms with van der Waals surface area (Å²) in [6.45, 7) is 3.81. The molecular weight excluding hydrogens is 582 g/mol. The average Bonchev–Trinajstić information content (AvgIpc) is 3.43. The topological polar surface area (TPSA) is 126 Å². The van der Waals surface area contributed by atoms with E-state index in [1.54, 1.807) is 24.1 Å². The van der Waals surface area contributed by atoms with Crippen molar-refractivity contribution in [3.05, 3.63) is 76.9 Å². The molecule has 12 heteroatoms. The van der Waals surface area contributed by atoms with Crippen LogP contribution in [0.5, 0.6) is 0 Å². The van der Waals surface area contributed by atoms with Crippen molar-refractivity contribution in [3.8, 4) is 11.3 Å². The standard InChI is InChI=1S/C33H36F2N6O4/c1-40(29(42)19-41-8-12-45-13-9-41)28-5-3-25(33(36)43)31(37-24-6-10-44-11-7-24)30(28)32-26-17-20(2-4-27(26)38-39-32)14-21-15-22(34)18-23(35)16-21/h2-5,15-18,24,37H,6-14,19H2,1H3,(H2,36,43)(H,38,39). The summed E-state index contributed by atoms with van der Waals surface area (Å²) < 4.78 is 38.9. The van der Waals surface area contributed by atoms with Crippen LogP contribution in [0.25, 0.3) is 22.2 Å². The molecule has 0 unspecified atom stereocenters. The Balaban J connectivity index is 1.47. The zero-order valence-corrected chi connectivity index (χ0v) is 25.1. The first-order valence-corrected chi connectivity index (χ1v) is 15.1. The summed E-state index contributed by atoms with van der Waals surface area (Å²) in [7, 11) is 1.71. The summed E-state index contributed by atoms with van der Waals surface area (Å²) in [6.07, 6.45) is 1.74. The summed E-state index contributed by atoms with van der Waals surface area (Å²) >= 11 is 0. The van der Waals surface area contributed by atoms with Crippen LogP contribution in [0.1, 0.15) is 34.3 Å². The van der Waals surface area contributed by atoms with Gasteiger partial charge < -0.3 is 25.4 Å². The minimum atomic E-state index is -0.642. The number of hydrogen-bond donors (Lipinski definition) is 3. The van der Waals surface area contributed by atoms with E-state index in [0.29, 0.717) is 73.2 Å². The molecule has 0 saturated carbocycles. The van der Waals surface area contributed by atoms with Crippen LogP contribution in [0.2, 0.25) is 0 Å². The van der Waals surface area contributed by atoms with Gasteiger partial charge in [-0.1, -0.05) is 6.07 Å². The minimum absolute atomic E-state index is 0.00356. The molecule has 6 rings (SSSR count). The van der Waals surface area contributed by atoms with Gasteiger partial charge in [-0.3, -0.25) is 19.6 Å². The van der Waals surface area contributed by atoms with Crippen LogP contribution in [0, 0.1) is 11.6 Å². The largest absolute Gasteiger partial charge is 0.381 e. The summed E-state index contributed by atoms with van der Waals surface area (Å²) in [6, 6.07) is 12.5. The lowest BCUT2D eigenvalue weighted by molar-refractivity contribution is -0.120. The van der Waals surface area contributed by atoms with Crippen molar-refractivity contribution in [2.24, 2.45) is 5.73 Å². The zero-order valence-electron chi connectivity index (χ0n) is 25.1. The Bertz CT molecular complexity index is 1690. The molecule has 0 atom stereocenters. The van der Waals surface area contributed by atoms with Crippen LogP contribution in [-0.2, 0) is 20.7 Å². The van der Waals surface area contributed by atoms with Crippen LogP contribution < -0.4 is 16.0 Å². The van der Waals surface area contributed by atoms with Crippen molar-refractivity contribution in [2.75, 3.05) is 63.3 Å². The molecule has 10 nitrogen and oxygen atoms in total. The normalized spacial score (nSPS) is 16.2. The van der Waals surface area contributed by atoms with E-state index in [2.05, 4.69) is 15.5 Å². The number of benzene rings is 3. The minimum Gasteiger partial charge on any atom is -0.381 e. The molecular formula is C33H36F2N6O4. The maximum atomic E-state index is 13.9. The molecule has 2 aliphatic rings. The molecule has 2 amide bonds. The van der Waals surface area contributed by atoms with Gasteiger partial charge in [0.05, 0.1) is 47.8 Å². The van der Waals surface area contributed by atoms with Crippen molar-refractivity contribution in [1.82, 2.24) is 15.1 Å². The van der Waals surface area contributed by atoms with E-state index in [4.69, 9.17) is 15.2 Å². The Morgan fingerprint density at radius 3 is 2.42 bits per heavy atom. The van der Waals surface area contributed by atoms with Crippen LogP contribution in [0.3, 0.4) is 0 Å². The van der Waals surface area contributed by atoms with Gasteiger partial charge in [-0.25, -0.2) is 8.78 Å². The molecule has 2 aliphatic heterocycles. The summed E-state index contributed by atoms with van der Waals surface area (Å²) in [5.74, 6) is -2.03. The summed E-state index contributed by atoms with van der Waals surface area (Å²) in [5.41, 5.74) is 10.3. The van der Waals surface area contributed by atoms with Crippen LogP contribution in [0.4, 0.5) is 20.2 Å². The maximum Gasteiger partial charge on any atom is 0.250 e. The number of amides is 2. The molecule has 3 aromatic carbocycles. The molecule has 236 valence electrons. The lowest BCUT2D eigenvalue weighted by Gasteiger charge is -2.30. The number of aromatic nitrogens is 2. The fraction of sp³-hybridized carbons (Fsp3) is 0.364. The van der Waals surface area contributed by atoms with Crippen LogP contribution in [0.15, 0.2) is 48.5 Å². The molecule has 4 aromatic rings.